The predicted octanol–water partition coefficient (Wildman–Crippen LogP) is 5.72. The van der Waals surface area contributed by atoms with Crippen LogP contribution in [0.15, 0.2) is 35.1 Å². The van der Waals surface area contributed by atoms with Crippen molar-refractivity contribution in [1.82, 2.24) is 4.98 Å². The first-order chi connectivity index (χ1) is 8.97. The van der Waals surface area contributed by atoms with Gasteiger partial charge < -0.3 is 4.74 Å². The molecule has 19 heavy (non-hydrogen) atoms. The Labute approximate surface area is 126 Å². The quantitative estimate of drug-likeness (QED) is 0.712. The molecule has 0 atom stereocenters. The van der Waals surface area contributed by atoms with Crippen LogP contribution >= 0.6 is 27.5 Å². The van der Waals surface area contributed by atoms with Crippen LogP contribution in [0.4, 0.5) is 0 Å². The number of rotatable bonds is 3. The zero-order chi connectivity index (χ0) is 14.0. The SMILES string of the molecule is Cc1cc(Cl)c(C(C)C)cc1Oc1cncc(Br)c1. The van der Waals surface area contributed by atoms with Gasteiger partial charge in [0.25, 0.3) is 0 Å². The van der Waals surface area contributed by atoms with E-state index in [9.17, 15) is 0 Å². The van der Waals surface area contributed by atoms with E-state index < -0.39 is 0 Å². The average Bonchev–Trinajstić information content (AvgIpc) is 2.32. The first-order valence-corrected chi connectivity index (χ1v) is 7.23. The molecular formula is C15H15BrClNO. The molecule has 0 bridgehead atoms. The molecule has 0 fully saturated rings. The molecule has 0 spiro atoms. The molecule has 2 rings (SSSR count). The number of aromatic nitrogens is 1. The minimum Gasteiger partial charge on any atom is -0.455 e. The van der Waals surface area contributed by atoms with Crippen molar-refractivity contribution >= 4 is 27.5 Å². The molecule has 0 aliphatic rings. The Morgan fingerprint density at radius 2 is 1.95 bits per heavy atom. The second kappa shape index (κ2) is 5.93. The van der Waals surface area contributed by atoms with Crippen molar-refractivity contribution < 1.29 is 4.74 Å². The summed E-state index contributed by atoms with van der Waals surface area (Å²) in [6, 6.07) is 5.83. The van der Waals surface area contributed by atoms with Crippen LogP contribution in [0.3, 0.4) is 0 Å². The molecule has 2 nitrogen and oxygen atoms in total. The van der Waals surface area contributed by atoms with Crippen LogP contribution in [0, 0.1) is 6.92 Å². The highest BCUT2D eigenvalue weighted by Gasteiger charge is 2.11. The van der Waals surface area contributed by atoms with Crippen LogP contribution in [0.5, 0.6) is 11.5 Å². The standard InChI is InChI=1S/C15H15BrClNO/c1-9(2)13-6-15(10(3)4-14(13)17)19-12-5-11(16)7-18-8-12/h4-9H,1-3H3. The minimum atomic E-state index is 0.357. The summed E-state index contributed by atoms with van der Waals surface area (Å²) in [6.07, 6.45) is 3.41. The molecule has 0 aliphatic carbocycles. The summed E-state index contributed by atoms with van der Waals surface area (Å²) in [5, 5.41) is 0.784. The molecule has 0 saturated carbocycles. The van der Waals surface area contributed by atoms with Crippen molar-refractivity contribution in [2.45, 2.75) is 26.7 Å². The van der Waals surface area contributed by atoms with Crippen molar-refractivity contribution in [1.29, 1.82) is 0 Å². The minimum absolute atomic E-state index is 0.357. The number of benzene rings is 1. The maximum atomic E-state index is 6.25. The Morgan fingerprint density at radius 3 is 2.58 bits per heavy atom. The van der Waals surface area contributed by atoms with Crippen LogP contribution in [0.2, 0.25) is 5.02 Å². The van der Waals surface area contributed by atoms with Crippen LogP contribution in [0.1, 0.15) is 30.9 Å². The van der Waals surface area contributed by atoms with Gasteiger partial charge >= 0.3 is 0 Å². The van der Waals surface area contributed by atoms with Gasteiger partial charge in [0.2, 0.25) is 0 Å². The van der Waals surface area contributed by atoms with Crippen molar-refractivity contribution in [2.24, 2.45) is 0 Å². The smallest absolute Gasteiger partial charge is 0.146 e. The highest BCUT2D eigenvalue weighted by atomic mass is 79.9. The van der Waals surface area contributed by atoms with Crippen molar-refractivity contribution in [2.75, 3.05) is 0 Å². The monoisotopic (exact) mass is 339 g/mol. The number of hydrogen-bond acceptors (Lipinski definition) is 2. The molecule has 0 N–H and O–H groups in total. The highest BCUT2D eigenvalue weighted by molar-refractivity contribution is 9.10. The van der Waals surface area contributed by atoms with Gasteiger partial charge in [-0.15, -0.1) is 0 Å². The summed E-state index contributed by atoms with van der Waals surface area (Å²) >= 11 is 9.63. The zero-order valence-electron chi connectivity index (χ0n) is 11.1. The van der Waals surface area contributed by atoms with E-state index in [-0.39, 0.29) is 0 Å². The Balaban J connectivity index is 2.37. The molecule has 1 aromatic heterocycles. The predicted molar refractivity (Wildman–Crippen MR) is 82.3 cm³/mol. The molecule has 0 radical (unpaired) electrons. The first kappa shape index (κ1) is 14.4. The molecule has 0 aliphatic heterocycles. The number of ether oxygens (including phenoxy) is 1. The van der Waals surface area contributed by atoms with Gasteiger partial charge in [-0.25, -0.2) is 0 Å². The second-order valence-corrected chi connectivity index (χ2v) is 6.06. The van der Waals surface area contributed by atoms with Crippen LogP contribution in [0.25, 0.3) is 0 Å². The number of pyridine rings is 1. The topological polar surface area (TPSA) is 22.1 Å². The van der Waals surface area contributed by atoms with Gasteiger partial charge in [-0.1, -0.05) is 25.4 Å². The van der Waals surface area contributed by atoms with Crippen molar-refractivity contribution in [3.05, 3.63) is 51.2 Å². The molecule has 2 aromatic rings. The molecule has 1 aromatic carbocycles. The van der Waals surface area contributed by atoms with E-state index in [0.717, 1.165) is 26.4 Å². The lowest BCUT2D eigenvalue weighted by atomic mass is 10.0. The summed E-state index contributed by atoms with van der Waals surface area (Å²) in [7, 11) is 0. The summed E-state index contributed by atoms with van der Waals surface area (Å²) in [4.78, 5) is 4.09. The van der Waals surface area contributed by atoms with E-state index in [2.05, 4.69) is 34.8 Å². The molecule has 0 amide bonds. The van der Waals surface area contributed by atoms with Gasteiger partial charge in [0.15, 0.2) is 0 Å². The fourth-order valence-electron chi connectivity index (χ4n) is 1.80. The summed E-state index contributed by atoms with van der Waals surface area (Å²) in [5.74, 6) is 1.87. The molecular weight excluding hydrogens is 326 g/mol. The van der Waals surface area contributed by atoms with Crippen LogP contribution in [-0.4, -0.2) is 4.98 Å². The van der Waals surface area contributed by atoms with E-state index in [0.29, 0.717) is 11.7 Å². The van der Waals surface area contributed by atoms with Gasteiger partial charge in [-0.3, -0.25) is 4.98 Å². The third-order valence-electron chi connectivity index (χ3n) is 2.82. The zero-order valence-corrected chi connectivity index (χ0v) is 13.4. The summed E-state index contributed by atoms with van der Waals surface area (Å²) < 4.78 is 6.77. The van der Waals surface area contributed by atoms with E-state index >= 15 is 0 Å². The molecule has 100 valence electrons. The fourth-order valence-corrected chi connectivity index (χ4v) is 2.58. The number of aryl methyl sites for hydroxylation is 1. The van der Waals surface area contributed by atoms with Crippen molar-refractivity contribution in [3.8, 4) is 11.5 Å². The second-order valence-electron chi connectivity index (χ2n) is 4.73. The maximum absolute atomic E-state index is 6.25. The molecule has 0 unspecified atom stereocenters. The average molecular weight is 341 g/mol. The van der Waals surface area contributed by atoms with Crippen molar-refractivity contribution in [3.63, 3.8) is 0 Å². The Hall–Kier alpha value is -1.06. The van der Waals surface area contributed by atoms with Crippen LogP contribution < -0.4 is 4.74 Å². The maximum Gasteiger partial charge on any atom is 0.146 e. The number of halogens is 2. The lowest BCUT2D eigenvalue weighted by molar-refractivity contribution is 0.475. The molecule has 0 saturated heterocycles. The van der Waals surface area contributed by atoms with Crippen LogP contribution in [-0.2, 0) is 0 Å². The Kier molecular flexibility index (Phi) is 4.48. The van der Waals surface area contributed by atoms with E-state index in [1.54, 1.807) is 12.4 Å². The molecule has 1 heterocycles. The summed E-state index contributed by atoms with van der Waals surface area (Å²) in [5.41, 5.74) is 2.10. The highest BCUT2D eigenvalue weighted by Crippen LogP contribution is 2.34. The third-order valence-corrected chi connectivity index (χ3v) is 3.58. The summed E-state index contributed by atoms with van der Waals surface area (Å²) in [6.45, 7) is 6.21. The third kappa shape index (κ3) is 3.48. The van der Waals surface area contributed by atoms with Gasteiger partial charge in [-0.2, -0.15) is 0 Å². The van der Waals surface area contributed by atoms with Gasteiger partial charge in [0.05, 0.1) is 6.20 Å². The van der Waals surface area contributed by atoms with Gasteiger partial charge in [0, 0.05) is 15.7 Å². The lowest BCUT2D eigenvalue weighted by Crippen LogP contribution is -1.94. The van der Waals surface area contributed by atoms with E-state index in [1.165, 1.54) is 0 Å². The van der Waals surface area contributed by atoms with E-state index in [1.807, 2.05) is 25.1 Å². The lowest BCUT2D eigenvalue weighted by Gasteiger charge is -2.14. The fraction of sp³-hybridized carbons (Fsp3) is 0.267. The Bertz CT molecular complexity index is 599. The largest absolute Gasteiger partial charge is 0.455 e. The Morgan fingerprint density at radius 1 is 1.21 bits per heavy atom. The van der Waals surface area contributed by atoms with E-state index in [4.69, 9.17) is 16.3 Å². The number of nitrogens with zero attached hydrogens (tertiary/aromatic N) is 1. The number of hydrogen-bond donors (Lipinski definition) is 0. The normalized spacial score (nSPS) is 10.8. The molecule has 4 heteroatoms. The van der Waals surface area contributed by atoms with Gasteiger partial charge in [0.1, 0.15) is 11.5 Å². The van der Waals surface area contributed by atoms with Gasteiger partial charge in [-0.05, 0) is 58.1 Å². The first-order valence-electron chi connectivity index (χ1n) is 6.06.